The van der Waals surface area contributed by atoms with Gasteiger partial charge in [-0.15, -0.1) is 23.7 Å². The smallest absolute Gasteiger partial charge is 0.266 e. The molecule has 0 saturated heterocycles. The molecule has 4 nitrogen and oxygen atoms in total. The van der Waals surface area contributed by atoms with Gasteiger partial charge in [0.15, 0.2) is 0 Å². The number of amides is 1. The summed E-state index contributed by atoms with van der Waals surface area (Å²) in [6.07, 6.45) is 0. The summed E-state index contributed by atoms with van der Waals surface area (Å²) < 4.78 is 20.2. The molecule has 2 aromatic carbocycles. The number of carbonyl (C=O) groups is 1. The fourth-order valence-electron chi connectivity index (χ4n) is 2.87. The molecule has 0 aliphatic heterocycles. The number of carbonyl (C=O) groups excluding carboxylic acids is 1. The molecular weight excluding hydrogens is 387 g/mol. The molecule has 0 fully saturated rings. The zero-order valence-corrected chi connectivity index (χ0v) is 16.8. The Morgan fingerprint density at radius 2 is 1.96 bits per heavy atom. The maximum absolute atomic E-state index is 14.3. The van der Waals surface area contributed by atoms with Gasteiger partial charge in [-0.25, -0.2) is 4.39 Å². The molecule has 3 aromatic rings. The number of thiophene rings is 1. The lowest BCUT2D eigenvalue weighted by atomic mass is 10.1. The van der Waals surface area contributed by atoms with E-state index in [2.05, 4.69) is 10.6 Å². The molecule has 3 rings (SSSR count). The van der Waals surface area contributed by atoms with Crippen molar-refractivity contribution in [2.45, 2.75) is 20.1 Å². The van der Waals surface area contributed by atoms with Crippen LogP contribution in [0.15, 0.2) is 42.5 Å². The Hall–Kier alpha value is -1.99. The van der Waals surface area contributed by atoms with E-state index in [1.54, 1.807) is 6.07 Å². The zero-order chi connectivity index (χ0) is 18.5. The molecule has 0 spiro atoms. The minimum Gasteiger partial charge on any atom is -0.380 e. The number of para-hydroxylation sites is 1. The Morgan fingerprint density at radius 1 is 1.19 bits per heavy atom. The van der Waals surface area contributed by atoms with Crippen molar-refractivity contribution in [2.75, 3.05) is 19.0 Å². The van der Waals surface area contributed by atoms with Crippen LogP contribution in [0.4, 0.5) is 10.1 Å². The van der Waals surface area contributed by atoms with Gasteiger partial charge in [0.25, 0.3) is 5.91 Å². The highest BCUT2D eigenvalue weighted by Gasteiger charge is 2.21. The van der Waals surface area contributed by atoms with Crippen LogP contribution in [0.3, 0.4) is 0 Å². The van der Waals surface area contributed by atoms with Gasteiger partial charge in [0, 0.05) is 35.0 Å². The van der Waals surface area contributed by atoms with Crippen molar-refractivity contribution >= 4 is 45.4 Å². The van der Waals surface area contributed by atoms with Crippen LogP contribution in [0.25, 0.3) is 10.1 Å². The quantitative estimate of drug-likeness (QED) is 0.580. The average Bonchev–Trinajstić information content (AvgIpc) is 3.01. The third kappa shape index (κ3) is 4.65. The number of nitrogens with one attached hydrogen (secondary N) is 2. The Kier molecular flexibility index (Phi) is 7.74. The molecule has 7 heteroatoms. The normalized spacial score (nSPS) is 10.6. The van der Waals surface area contributed by atoms with E-state index in [0.29, 0.717) is 22.4 Å². The van der Waals surface area contributed by atoms with Gasteiger partial charge in [-0.2, -0.15) is 0 Å². The lowest BCUT2D eigenvalue weighted by Gasteiger charge is -2.11. The van der Waals surface area contributed by atoms with E-state index in [9.17, 15) is 9.18 Å². The summed E-state index contributed by atoms with van der Waals surface area (Å²) in [7, 11) is 1.54. The first kappa shape index (κ1) is 21.3. The minimum atomic E-state index is -0.336. The van der Waals surface area contributed by atoms with Crippen molar-refractivity contribution in [3.8, 4) is 0 Å². The van der Waals surface area contributed by atoms with Crippen LogP contribution in [-0.4, -0.2) is 19.6 Å². The largest absolute Gasteiger partial charge is 0.380 e. The van der Waals surface area contributed by atoms with Gasteiger partial charge in [0.2, 0.25) is 0 Å². The van der Waals surface area contributed by atoms with Crippen LogP contribution in [0.1, 0.15) is 27.7 Å². The molecule has 0 aliphatic rings. The summed E-state index contributed by atoms with van der Waals surface area (Å²) in [5.41, 5.74) is 2.34. The molecule has 1 aromatic heterocycles. The van der Waals surface area contributed by atoms with Gasteiger partial charge >= 0.3 is 0 Å². The molecule has 0 saturated carbocycles. The van der Waals surface area contributed by atoms with Crippen molar-refractivity contribution in [2.24, 2.45) is 0 Å². The van der Waals surface area contributed by atoms with E-state index in [-0.39, 0.29) is 30.7 Å². The minimum absolute atomic E-state index is 0. The second kappa shape index (κ2) is 9.80. The Balaban J connectivity index is 0.00000261. The van der Waals surface area contributed by atoms with E-state index in [4.69, 9.17) is 4.74 Å². The molecule has 0 atom stereocenters. The van der Waals surface area contributed by atoms with Crippen molar-refractivity contribution in [3.63, 3.8) is 0 Å². The van der Waals surface area contributed by atoms with Crippen molar-refractivity contribution in [1.29, 1.82) is 0 Å². The first-order valence-corrected chi connectivity index (χ1v) is 9.26. The fourth-order valence-corrected chi connectivity index (χ4v) is 3.99. The van der Waals surface area contributed by atoms with Gasteiger partial charge in [-0.05, 0) is 30.3 Å². The van der Waals surface area contributed by atoms with Crippen LogP contribution < -0.4 is 10.6 Å². The summed E-state index contributed by atoms with van der Waals surface area (Å²) in [4.78, 5) is 13.4. The molecule has 1 amide bonds. The Bertz CT molecular complexity index is 929. The Labute approximate surface area is 168 Å². The molecule has 0 radical (unpaired) electrons. The third-order valence-electron chi connectivity index (χ3n) is 4.09. The van der Waals surface area contributed by atoms with E-state index in [0.717, 1.165) is 22.5 Å². The maximum atomic E-state index is 14.3. The highest BCUT2D eigenvalue weighted by molar-refractivity contribution is 7.21. The summed E-state index contributed by atoms with van der Waals surface area (Å²) in [5.74, 6) is -0.584. The van der Waals surface area contributed by atoms with Crippen LogP contribution in [-0.2, 0) is 17.9 Å². The van der Waals surface area contributed by atoms with E-state index in [1.807, 2.05) is 37.3 Å². The molecule has 0 unspecified atom stereocenters. The van der Waals surface area contributed by atoms with Crippen molar-refractivity contribution < 1.29 is 13.9 Å². The van der Waals surface area contributed by atoms with Crippen LogP contribution in [0, 0.1) is 5.82 Å². The van der Waals surface area contributed by atoms with Crippen molar-refractivity contribution in [1.82, 2.24) is 5.32 Å². The number of halogens is 2. The molecular formula is C20H22ClFN2O2S. The number of hydrogen-bond donors (Lipinski definition) is 2. The number of ether oxygens (including phenoxy) is 1. The van der Waals surface area contributed by atoms with Crippen LogP contribution in [0.2, 0.25) is 0 Å². The molecule has 2 N–H and O–H groups in total. The summed E-state index contributed by atoms with van der Waals surface area (Å²) in [6.45, 7) is 3.72. The highest BCUT2D eigenvalue weighted by atomic mass is 35.5. The van der Waals surface area contributed by atoms with E-state index >= 15 is 0 Å². The Morgan fingerprint density at radius 3 is 2.70 bits per heavy atom. The number of rotatable bonds is 7. The predicted molar refractivity (Wildman–Crippen MR) is 112 cm³/mol. The number of benzene rings is 2. The second-order valence-electron chi connectivity index (χ2n) is 5.85. The highest BCUT2D eigenvalue weighted by Crippen LogP contribution is 2.34. The number of fused-ring (bicyclic) bond motifs is 1. The summed E-state index contributed by atoms with van der Waals surface area (Å²) in [5, 5.41) is 6.69. The van der Waals surface area contributed by atoms with Crippen LogP contribution >= 0.6 is 23.7 Å². The standard InChI is InChI=1S/C20H21FN2O2S.ClH/c1-3-22-11-13-7-4-5-9-16(13)23-20(24)19-14(12-25-2)18-15(21)8-6-10-17(18)26-19;/h4-10,22H,3,11-12H2,1-2H3,(H,23,24);1H. The first-order chi connectivity index (χ1) is 12.7. The van der Waals surface area contributed by atoms with Gasteiger partial charge in [0.1, 0.15) is 5.82 Å². The number of methoxy groups -OCH3 is 1. The van der Waals surface area contributed by atoms with Crippen molar-refractivity contribution in [3.05, 3.63) is 64.3 Å². The third-order valence-corrected chi connectivity index (χ3v) is 5.29. The van der Waals surface area contributed by atoms with E-state index < -0.39 is 0 Å². The first-order valence-electron chi connectivity index (χ1n) is 8.44. The number of hydrogen-bond acceptors (Lipinski definition) is 4. The fraction of sp³-hybridized carbons (Fsp3) is 0.250. The molecule has 0 bridgehead atoms. The SMILES string of the molecule is CCNCc1ccccc1NC(=O)c1sc2cccc(F)c2c1COC.Cl. The predicted octanol–water partition coefficient (Wildman–Crippen LogP) is 4.97. The van der Waals surface area contributed by atoms with Gasteiger partial charge < -0.3 is 15.4 Å². The monoisotopic (exact) mass is 408 g/mol. The van der Waals surface area contributed by atoms with Crippen LogP contribution in [0.5, 0.6) is 0 Å². The van der Waals surface area contributed by atoms with Gasteiger partial charge in [-0.1, -0.05) is 31.2 Å². The lowest BCUT2D eigenvalue weighted by molar-refractivity contribution is 0.102. The topological polar surface area (TPSA) is 50.4 Å². The second-order valence-corrected chi connectivity index (χ2v) is 6.90. The lowest BCUT2D eigenvalue weighted by Crippen LogP contribution is -2.17. The zero-order valence-electron chi connectivity index (χ0n) is 15.2. The van der Waals surface area contributed by atoms with E-state index in [1.165, 1.54) is 24.5 Å². The average molecular weight is 409 g/mol. The summed E-state index contributed by atoms with van der Waals surface area (Å²) in [6, 6.07) is 12.5. The molecule has 0 aliphatic carbocycles. The van der Waals surface area contributed by atoms with Gasteiger partial charge in [-0.3, -0.25) is 4.79 Å². The molecule has 27 heavy (non-hydrogen) atoms. The molecule has 1 heterocycles. The molecule has 144 valence electrons. The maximum Gasteiger partial charge on any atom is 0.266 e. The summed E-state index contributed by atoms with van der Waals surface area (Å²) >= 11 is 1.28. The number of anilines is 1. The van der Waals surface area contributed by atoms with Gasteiger partial charge in [0.05, 0.1) is 11.5 Å².